The lowest BCUT2D eigenvalue weighted by Crippen LogP contribution is -2.46. The molecule has 0 aromatic heterocycles. The van der Waals surface area contributed by atoms with Gasteiger partial charge in [0.2, 0.25) is 5.91 Å². The van der Waals surface area contributed by atoms with E-state index < -0.39 is 18.2 Å². The third-order valence-electron chi connectivity index (χ3n) is 7.02. The quantitative estimate of drug-likeness (QED) is 0.452. The molecule has 8 nitrogen and oxygen atoms in total. The number of alkyl carbamates (subject to hydrolysis) is 1. The van der Waals surface area contributed by atoms with Crippen LogP contribution in [0.15, 0.2) is 48.5 Å². The second-order valence-electron chi connectivity index (χ2n) is 9.23. The van der Waals surface area contributed by atoms with Gasteiger partial charge in [-0.2, -0.15) is 0 Å². The second kappa shape index (κ2) is 11.4. The number of carbonyl (C=O) groups is 3. The largest absolute Gasteiger partial charge is 0.481 e. The van der Waals surface area contributed by atoms with Gasteiger partial charge in [-0.05, 0) is 41.0 Å². The van der Waals surface area contributed by atoms with Gasteiger partial charge in [-0.25, -0.2) is 4.79 Å². The van der Waals surface area contributed by atoms with Crippen LogP contribution in [0.2, 0.25) is 0 Å². The maximum Gasteiger partial charge on any atom is 0.407 e. The Balaban J connectivity index is 1.25. The molecule has 1 fully saturated rings. The monoisotopic (exact) mass is 480 g/mol. The summed E-state index contributed by atoms with van der Waals surface area (Å²) in [4.78, 5) is 36.1. The summed E-state index contributed by atoms with van der Waals surface area (Å²) in [6.45, 7) is 0.309. The Morgan fingerprint density at radius 3 is 2.17 bits per heavy atom. The van der Waals surface area contributed by atoms with Crippen molar-refractivity contribution in [3.8, 4) is 11.1 Å². The van der Waals surface area contributed by atoms with Gasteiger partial charge in [-0.3, -0.25) is 9.59 Å². The van der Waals surface area contributed by atoms with E-state index in [2.05, 4.69) is 34.9 Å². The minimum absolute atomic E-state index is 0.0169. The van der Waals surface area contributed by atoms with Crippen molar-refractivity contribution in [3.05, 3.63) is 59.7 Å². The number of ether oxygens (including phenoxy) is 2. The summed E-state index contributed by atoms with van der Waals surface area (Å²) >= 11 is 0. The summed E-state index contributed by atoms with van der Waals surface area (Å²) in [5.74, 6) is -1.04. The highest BCUT2D eigenvalue weighted by molar-refractivity contribution is 5.79. The Labute approximate surface area is 205 Å². The van der Waals surface area contributed by atoms with E-state index in [9.17, 15) is 14.4 Å². The van der Waals surface area contributed by atoms with Gasteiger partial charge in [0.1, 0.15) is 6.61 Å². The van der Waals surface area contributed by atoms with E-state index in [1.54, 1.807) is 0 Å². The molecule has 186 valence electrons. The first-order valence-corrected chi connectivity index (χ1v) is 12.1. The van der Waals surface area contributed by atoms with E-state index in [1.807, 2.05) is 24.3 Å². The fourth-order valence-electron chi connectivity index (χ4n) is 4.92. The third kappa shape index (κ3) is 6.00. The number of methoxy groups -OCH3 is 1. The van der Waals surface area contributed by atoms with Crippen molar-refractivity contribution >= 4 is 18.0 Å². The smallest absolute Gasteiger partial charge is 0.407 e. The molecule has 1 saturated carbocycles. The normalized spacial score (nSPS) is 16.4. The molecule has 0 radical (unpaired) electrons. The van der Waals surface area contributed by atoms with Crippen LogP contribution in [0.25, 0.3) is 11.1 Å². The van der Waals surface area contributed by atoms with Crippen molar-refractivity contribution in [2.24, 2.45) is 5.92 Å². The van der Waals surface area contributed by atoms with Crippen LogP contribution in [0.5, 0.6) is 0 Å². The summed E-state index contributed by atoms with van der Waals surface area (Å²) in [7, 11) is 1.47. The first-order chi connectivity index (χ1) is 17.0. The van der Waals surface area contributed by atoms with Crippen molar-refractivity contribution < 1.29 is 29.0 Å². The number of benzene rings is 2. The van der Waals surface area contributed by atoms with E-state index in [4.69, 9.17) is 14.6 Å². The maximum absolute atomic E-state index is 12.5. The molecule has 2 unspecified atom stereocenters. The number of nitrogens with one attached hydrogen (secondary N) is 2. The van der Waals surface area contributed by atoms with Crippen LogP contribution in [0, 0.1) is 5.92 Å². The van der Waals surface area contributed by atoms with Crippen LogP contribution in [0.1, 0.15) is 49.1 Å². The van der Waals surface area contributed by atoms with Crippen LogP contribution in [-0.2, 0) is 19.1 Å². The van der Waals surface area contributed by atoms with E-state index >= 15 is 0 Å². The van der Waals surface area contributed by atoms with Gasteiger partial charge in [-0.1, -0.05) is 55.0 Å². The summed E-state index contributed by atoms with van der Waals surface area (Å²) < 4.78 is 10.9. The Morgan fingerprint density at radius 2 is 1.63 bits per heavy atom. The summed E-state index contributed by atoms with van der Waals surface area (Å²) in [5, 5.41) is 14.7. The summed E-state index contributed by atoms with van der Waals surface area (Å²) in [6.07, 6.45) is 1.70. The number of aliphatic carboxylic acids is 1. The van der Waals surface area contributed by atoms with E-state index in [0.29, 0.717) is 0 Å². The lowest BCUT2D eigenvalue weighted by Gasteiger charge is -2.33. The molecule has 2 aliphatic rings. The number of hydrogen-bond donors (Lipinski definition) is 3. The standard InChI is InChI=1S/C27H32N2O6/c1-34-18(13-25(30)29-24(14-26(31)32)17-7-6-8-17)15-28-27(33)35-16-23-21-11-4-2-9-19(21)20-10-3-5-12-22(20)23/h2-5,9-12,17-18,23-24H,6-8,13-16H2,1H3,(H,28,33)(H,29,30)(H,31,32). The fourth-order valence-corrected chi connectivity index (χ4v) is 4.92. The van der Waals surface area contributed by atoms with Crippen molar-refractivity contribution in [3.63, 3.8) is 0 Å². The number of amides is 2. The summed E-state index contributed by atoms with van der Waals surface area (Å²) in [6, 6.07) is 15.9. The number of carboxylic acids is 1. The zero-order valence-corrected chi connectivity index (χ0v) is 19.9. The topological polar surface area (TPSA) is 114 Å². The minimum atomic E-state index is -0.928. The van der Waals surface area contributed by atoms with Gasteiger partial charge in [-0.15, -0.1) is 0 Å². The Kier molecular flexibility index (Phi) is 8.02. The molecule has 4 rings (SSSR count). The molecule has 0 bridgehead atoms. The number of carboxylic acid groups (broad SMARTS) is 1. The molecule has 0 heterocycles. The van der Waals surface area contributed by atoms with Gasteiger partial charge in [0.25, 0.3) is 0 Å². The SMILES string of the molecule is COC(CNC(=O)OCC1c2ccccc2-c2ccccc21)CC(=O)NC(CC(=O)O)C1CCC1. The van der Waals surface area contributed by atoms with Crippen LogP contribution in [0.4, 0.5) is 4.79 Å². The van der Waals surface area contributed by atoms with Gasteiger partial charge >= 0.3 is 12.1 Å². The third-order valence-corrected chi connectivity index (χ3v) is 7.02. The van der Waals surface area contributed by atoms with Crippen LogP contribution in [0.3, 0.4) is 0 Å². The maximum atomic E-state index is 12.5. The Bertz CT molecular complexity index is 1020. The van der Waals surface area contributed by atoms with Gasteiger partial charge < -0.3 is 25.2 Å². The highest BCUT2D eigenvalue weighted by Crippen LogP contribution is 2.44. The second-order valence-corrected chi connectivity index (χ2v) is 9.23. The molecule has 2 aromatic rings. The molecule has 0 saturated heterocycles. The van der Waals surface area contributed by atoms with Crippen molar-refractivity contribution in [2.45, 2.75) is 50.2 Å². The molecule has 2 aliphatic carbocycles. The fraction of sp³-hybridized carbons (Fsp3) is 0.444. The predicted molar refractivity (Wildman–Crippen MR) is 130 cm³/mol. The molecule has 2 aromatic carbocycles. The predicted octanol–water partition coefficient (Wildman–Crippen LogP) is 3.69. The average molecular weight is 481 g/mol. The molecule has 8 heteroatoms. The average Bonchev–Trinajstić information content (AvgIpc) is 3.12. The first kappa shape index (κ1) is 24.7. The highest BCUT2D eigenvalue weighted by atomic mass is 16.5. The molecule has 2 atom stereocenters. The van der Waals surface area contributed by atoms with E-state index in [0.717, 1.165) is 41.5 Å². The molecular weight excluding hydrogens is 448 g/mol. The summed E-state index contributed by atoms with van der Waals surface area (Å²) in [5.41, 5.74) is 4.59. The van der Waals surface area contributed by atoms with Crippen molar-refractivity contribution in [2.75, 3.05) is 20.3 Å². The minimum Gasteiger partial charge on any atom is -0.481 e. The lowest BCUT2D eigenvalue weighted by atomic mass is 9.78. The molecular formula is C27H32N2O6. The molecule has 35 heavy (non-hydrogen) atoms. The number of hydrogen-bond acceptors (Lipinski definition) is 5. The number of fused-ring (bicyclic) bond motifs is 3. The molecule has 2 amide bonds. The highest BCUT2D eigenvalue weighted by Gasteiger charge is 2.31. The van der Waals surface area contributed by atoms with Crippen molar-refractivity contribution in [1.29, 1.82) is 0 Å². The van der Waals surface area contributed by atoms with E-state index in [1.165, 1.54) is 7.11 Å². The lowest BCUT2D eigenvalue weighted by molar-refractivity contribution is -0.138. The Hall–Kier alpha value is -3.39. The number of carbonyl (C=O) groups excluding carboxylic acids is 2. The van der Waals surface area contributed by atoms with Crippen LogP contribution < -0.4 is 10.6 Å². The number of rotatable bonds is 11. The van der Waals surface area contributed by atoms with Crippen molar-refractivity contribution in [1.82, 2.24) is 10.6 Å². The molecule has 0 spiro atoms. The van der Waals surface area contributed by atoms with Crippen LogP contribution >= 0.6 is 0 Å². The zero-order chi connectivity index (χ0) is 24.8. The molecule has 3 N–H and O–H groups in total. The zero-order valence-electron chi connectivity index (χ0n) is 19.9. The first-order valence-electron chi connectivity index (χ1n) is 12.1. The van der Waals surface area contributed by atoms with Gasteiger partial charge in [0.15, 0.2) is 0 Å². The molecule has 0 aliphatic heterocycles. The Morgan fingerprint density at radius 1 is 1.00 bits per heavy atom. The van der Waals surface area contributed by atoms with E-state index in [-0.39, 0.29) is 49.8 Å². The van der Waals surface area contributed by atoms with Crippen LogP contribution in [-0.4, -0.2) is 55.5 Å². The van der Waals surface area contributed by atoms with Gasteiger partial charge in [0.05, 0.1) is 18.9 Å². The van der Waals surface area contributed by atoms with Gasteiger partial charge in [0, 0.05) is 25.6 Å².